The van der Waals surface area contributed by atoms with E-state index in [-0.39, 0.29) is 10.3 Å². The summed E-state index contributed by atoms with van der Waals surface area (Å²) in [5, 5.41) is 0.512. The number of nitrogens with zero attached hydrogens (tertiary/aromatic N) is 2. The SMILES string of the molecule is Cc1cn(-c2cc(Cl)ccc2NS(=O)(=O)c2ccc(C(C)(C)C)cc2)c(C)n1. The number of anilines is 1. The second-order valence-corrected chi connectivity index (χ2v) is 9.96. The maximum Gasteiger partial charge on any atom is 0.261 e. The van der Waals surface area contributed by atoms with Crippen molar-refractivity contribution < 1.29 is 8.42 Å². The molecule has 0 saturated carbocycles. The fraction of sp³-hybridized carbons (Fsp3) is 0.286. The number of rotatable bonds is 4. The standard InChI is InChI=1S/C21H24ClN3O2S/c1-14-13-25(15(2)23-14)20-12-17(22)8-11-19(20)24-28(26,27)18-9-6-16(7-10-18)21(3,4)5/h6-13,24H,1-5H3. The summed E-state index contributed by atoms with van der Waals surface area (Å²) in [6, 6.07) is 12.0. The molecule has 3 aromatic rings. The molecule has 0 amide bonds. The smallest absolute Gasteiger partial charge is 0.261 e. The topological polar surface area (TPSA) is 64.0 Å². The van der Waals surface area contributed by atoms with E-state index in [0.29, 0.717) is 16.4 Å². The molecule has 5 nitrogen and oxygen atoms in total. The number of hydrogen-bond acceptors (Lipinski definition) is 3. The molecule has 3 rings (SSSR count). The fourth-order valence-corrected chi connectivity index (χ4v) is 4.23. The lowest BCUT2D eigenvalue weighted by molar-refractivity contribution is 0.587. The molecule has 0 spiro atoms. The van der Waals surface area contributed by atoms with Crippen molar-refractivity contribution in [2.24, 2.45) is 0 Å². The van der Waals surface area contributed by atoms with Crippen LogP contribution >= 0.6 is 11.6 Å². The van der Waals surface area contributed by atoms with Crippen LogP contribution in [0.3, 0.4) is 0 Å². The molecule has 148 valence electrons. The van der Waals surface area contributed by atoms with Gasteiger partial charge in [-0.3, -0.25) is 4.72 Å². The molecule has 0 saturated heterocycles. The van der Waals surface area contributed by atoms with Gasteiger partial charge in [-0.1, -0.05) is 44.5 Å². The first-order valence-corrected chi connectivity index (χ1v) is 10.8. The third kappa shape index (κ3) is 4.23. The van der Waals surface area contributed by atoms with Crippen LogP contribution in [-0.2, 0) is 15.4 Å². The van der Waals surface area contributed by atoms with E-state index in [2.05, 4.69) is 30.5 Å². The van der Waals surface area contributed by atoms with E-state index < -0.39 is 10.0 Å². The highest BCUT2D eigenvalue weighted by Gasteiger charge is 2.20. The van der Waals surface area contributed by atoms with Crippen molar-refractivity contribution in [2.45, 2.75) is 44.9 Å². The molecule has 0 aliphatic rings. The van der Waals surface area contributed by atoms with E-state index in [1.54, 1.807) is 30.3 Å². The van der Waals surface area contributed by atoms with Crippen LogP contribution in [0.4, 0.5) is 5.69 Å². The highest BCUT2D eigenvalue weighted by atomic mass is 35.5. The van der Waals surface area contributed by atoms with Crippen molar-refractivity contribution in [2.75, 3.05) is 4.72 Å². The molecular formula is C21H24ClN3O2S. The van der Waals surface area contributed by atoms with Crippen molar-refractivity contribution >= 4 is 27.3 Å². The van der Waals surface area contributed by atoms with Gasteiger partial charge in [-0.25, -0.2) is 13.4 Å². The summed E-state index contributed by atoms with van der Waals surface area (Å²) >= 11 is 6.16. The second kappa shape index (κ2) is 7.26. The normalized spacial score (nSPS) is 12.2. The van der Waals surface area contributed by atoms with Crippen LogP contribution in [0.2, 0.25) is 5.02 Å². The van der Waals surface area contributed by atoms with Crippen molar-refractivity contribution in [1.29, 1.82) is 0 Å². The molecule has 1 aromatic heterocycles. The molecular weight excluding hydrogens is 394 g/mol. The summed E-state index contributed by atoms with van der Waals surface area (Å²) in [5.74, 6) is 0.745. The summed E-state index contributed by atoms with van der Waals surface area (Å²) in [6.45, 7) is 10.0. The molecule has 0 atom stereocenters. The molecule has 1 N–H and O–H groups in total. The minimum Gasteiger partial charge on any atom is -0.302 e. The number of aromatic nitrogens is 2. The maximum absolute atomic E-state index is 13.0. The quantitative estimate of drug-likeness (QED) is 0.631. The van der Waals surface area contributed by atoms with Gasteiger partial charge in [0.2, 0.25) is 0 Å². The zero-order valence-corrected chi connectivity index (χ0v) is 18.2. The Kier molecular flexibility index (Phi) is 5.30. The summed E-state index contributed by atoms with van der Waals surface area (Å²) in [6.07, 6.45) is 1.84. The van der Waals surface area contributed by atoms with Gasteiger partial charge < -0.3 is 4.57 Å². The average molecular weight is 418 g/mol. The van der Waals surface area contributed by atoms with E-state index in [1.807, 2.05) is 36.7 Å². The van der Waals surface area contributed by atoms with Crippen molar-refractivity contribution in [3.63, 3.8) is 0 Å². The van der Waals surface area contributed by atoms with Crippen LogP contribution < -0.4 is 4.72 Å². The summed E-state index contributed by atoms with van der Waals surface area (Å²) in [5.41, 5.74) is 2.92. The van der Waals surface area contributed by atoms with Crippen LogP contribution in [0, 0.1) is 13.8 Å². The molecule has 28 heavy (non-hydrogen) atoms. The predicted molar refractivity (Wildman–Crippen MR) is 114 cm³/mol. The Morgan fingerprint density at radius 2 is 1.68 bits per heavy atom. The number of hydrogen-bond donors (Lipinski definition) is 1. The van der Waals surface area contributed by atoms with Crippen LogP contribution in [0.25, 0.3) is 5.69 Å². The first kappa shape index (κ1) is 20.4. The van der Waals surface area contributed by atoms with Gasteiger partial charge >= 0.3 is 0 Å². The summed E-state index contributed by atoms with van der Waals surface area (Å²) < 4.78 is 30.4. The second-order valence-electron chi connectivity index (χ2n) is 7.84. The number of nitrogens with one attached hydrogen (secondary N) is 1. The molecule has 0 unspecified atom stereocenters. The Morgan fingerprint density at radius 3 is 2.21 bits per heavy atom. The lowest BCUT2D eigenvalue weighted by Gasteiger charge is -2.19. The maximum atomic E-state index is 13.0. The van der Waals surface area contributed by atoms with Gasteiger partial charge in [0.25, 0.3) is 10.0 Å². The van der Waals surface area contributed by atoms with Crippen LogP contribution in [-0.4, -0.2) is 18.0 Å². The lowest BCUT2D eigenvalue weighted by Crippen LogP contribution is -2.16. The minimum absolute atomic E-state index is 0.0458. The number of benzene rings is 2. The highest BCUT2D eigenvalue weighted by Crippen LogP contribution is 2.29. The Hall–Kier alpha value is -2.31. The minimum atomic E-state index is -3.75. The number of halogens is 1. The zero-order chi connectivity index (χ0) is 20.7. The fourth-order valence-electron chi connectivity index (χ4n) is 2.99. The number of sulfonamides is 1. The highest BCUT2D eigenvalue weighted by molar-refractivity contribution is 7.92. The van der Waals surface area contributed by atoms with Crippen molar-refractivity contribution in [3.05, 3.63) is 70.8 Å². The van der Waals surface area contributed by atoms with Crippen LogP contribution in [0.15, 0.2) is 53.6 Å². The number of aryl methyl sites for hydroxylation is 2. The summed E-state index contributed by atoms with van der Waals surface area (Å²) in [4.78, 5) is 4.60. The van der Waals surface area contributed by atoms with E-state index in [9.17, 15) is 8.42 Å². The van der Waals surface area contributed by atoms with Gasteiger partial charge in [0.1, 0.15) is 5.82 Å². The number of imidazole rings is 1. The average Bonchev–Trinajstić information content (AvgIpc) is 2.94. The molecule has 0 bridgehead atoms. The Morgan fingerprint density at radius 1 is 1.04 bits per heavy atom. The largest absolute Gasteiger partial charge is 0.302 e. The van der Waals surface area contributed by atoms with Crippen LogP contribution in [0.5, 0.6) is 0 Å². The Labute approximate surface area is 171 Å². The molecule has 0 radical (unpaired) electrons. The van der Waals surface area contributed by atoms with Gasteiger partial charge in [-0.2, -0.15) is 0 Å². The van der Waals surface area contributed by atoms with Crippen LogP contribution in [0.1, 0.15) is 37.9 Å². The molecule has 2 aromatic carbocycles. The Bertz CT molecular complexity index is 1110. The Balaban J connectivity index is 2.00. The molecule has 0 aliphatic heterocycles. The summed E-state index contributed by atoms with van der Waals surface area (Å²) in [7, 11) is -3.75. The van der Waals surface area contributed by atoms with Gasteiger partial charge in [0.05, 0.1) is 22.0 Å². The van der Waals surface area contributed by atoms with Gasteiger partial charge in [0.15, 0.2) is 0 Å². The van der Waals surface area contributed by atoms with Gasteiger partial charge in [-0.15, -0.1) is 0 Å². The van der Waals surface area contributed by atoms with E-state index in [4.69, 9.17) is 11.6 Å². The van der Waals surface area contributed by atoms with E-state index >= 15 is 0 Å². The molecule has 1 heterocycles. The van der Waals surface area contributed by atoms with Crippen molar-refractivity contribution in [3.8, 4) is 5.69 Å². The molecule has 0 aliphatic carbocycles. The van der Waals surface area contributed by atoms with E-state index in [1.165, 1.54) is 0 Å². The zero-order valence-electron chi connectivity index (χ0n) is 16.6. The third-order valence-electron chi connectivity index (χ3n) is 4.50. The molecule has 0 fully saturated rings. The first-order valence-electron chi connectivity index (χ1n) is 8.93. The van der Waals surface area contributed by atoms with Crippen molar-refractivity contribution in [1.82, 2.24) is 9.55 Å². The van der Waals surface area contributed by atoms with Gasteiger partial charge in [-0.05, 0) is 55.2 Å². The van der Waals surface area contributed by atoms with E-state index in [0.717, 1.165) is 17.1 Å². The third-order valence-corrected chi connectivity index (χ3v) is 6.11. The molecule has 7 heteroatoms. The lowest BCUT2D eigenvalue weighted by atomic mass is 9.87. The predicted octanol–water partition coefficient (Wildman–Crippen LogP) is 5.24. The van der Waals surface area contributed by atoms with Gasteiger partial charge in [0, 0.05) is 11.2 Å². The first-order chi connectivity index (χ1) is 13.0. The monoisotopic (exact) mass is 417 g/mol.